The molecule has 0 heterocycles. The van der Waals surface area contributed by atoms with E-state index in [2.05, 4.69) is 0 Å². The van der Waals surface area contributed by atoms with Gasteiger partial charge in [0.25, 0.3) is 5.91 Å². The highest BCUT2D eigenvalue weighted by molar-refractivity contribution is 5.95. The third-order valence-corrected chi connectivity index (χ3v) is 3.11. The van der Waals surface area contributed by atoms with Gasteiger partial charge in [-0.2, -0.15) is 0 Å². The summed E-state index contributed by atoms with van der Waals surface area (Å²) in [6.45, 7) is 2.31. The molecule has 0 radical (unpaired) electrons. The van der Waals surface area contributed by atoms with Crippen molar-refractivity contribution in [3.63, 3.8) is 0 Å². The van der Waals surface area contributed by atoms with Crippen LogP contribution in [0.2, 0.25) is 0 Å². The summed E-state index contributed by atoms with van der Waals surface area (Å²) in [5.41, 5.74) is 7.99. The van der Waals surface area contributed by atoms with E-state index < -0.39 is 0 Å². The average Bonchev–Trinajstić information content (AvgIpc) is 3.13. The summed E-state index contributed by atoms with van der Waals surface area (Å²) in [6.07, 6.45) is 2.08. The first-order valence-corrected chi connectivity index (χ1v) is 5.91. The number of hydrogen-bond donors (Lipinski definition) is 2. The molecule has 0 aliphatic heterocycles. The van der Waals surface area contributed by atoms with E-state index in [1.807, 2.05) is 13.0 Å². The summed E-state index contributed by atoms with van der Waals surface area (Å²) in [5, 5.41) is 8.99. The highest BCUT2D eigenvalue weighted by Gasteiger charge is 2.32. The van der Waals surface area contributed by atoms with Gasteiger partial charge in [0.2, 0.25) is 0 Å². The van der Waals surface area contributed by atoms with Crippen LogP contribution in [0.5, 0.6) is 0 Å². The number of nitrogens with zero attached hydrogens (tertiary/aromatic N) is 1. The molecule has 1 amide bonds. The molecule has 1 aliphatic rings. The number of nitrogen functional groups attached to an aromatic ring is 1. The lowest BCUT2D eigenvalue weighted by molar-refractivity contribution is 0.0707. The number of benzene rings is 1. The van der Waals surface area contributed by atoms with Gasteiger partial charge in [0.15, 0.2) is 0 Å². The Balaban J connectivity index is 2.19. The van der Waals surface area contributed by atoms with Crippen LogP contribution >= 0.6 is 0 Å². The topological polar surface area (TPSA) is 66.6 Å². The monoisotopic (exact) mass is 234 g/mol. The minimum atomic E-state index is -0.00958. The molecule has 0 bridgehead atoms. The number of carbonyl (C=O) groups is 1. The van der Waals surface area contributed by atoms with Crippen molar-refractivity contribution < 1.29 is 9.90 Å². The minimum Gasteiger partial charge on any atom is -0.399 e. The molecule has 1 fully saturated rings. The second-order valence-electron chi connectivity index (χ2n) is 4.52. The van der Waals surface area contributed by atoms with Gasteiger partial charge in [0, 0.05) is 23.8 Å². The molecule has 0 spiro atoms. The van der Waals surface area contributed by atoms with Gasteiger partial charge in [-0.3, -0.25) is 4.79 Å². The summed E-state index contributed by atoms with van der Waals surface area (Å²) < 4.78 is 0. The third-order valence-electron chi connectivity index (χ3n) is 3.11. The highest BCUT2D eigenvalue weighted by Crippen LogP contribution is 2.28. The van der Waals surface area contributed by atoms with Crippen molar-refractivity contribution in [3.05, 3.63) is 29.3 Å². The molecule has 0 aromatic heterocycles. The van der Waals surface area contributed by atoms with E-state index in [-0.39, 0.29) is 12.5 Å². The number of anilines is 1. The fraction of sp³-hybridized carbons (Fsp3) is 0.462. The summed E-state index contributed by atoms with van der Waals surface area (Å²) in [6, 6.07) is 5.63. The van der Waals surface area contributed by atoms with Gasteiger partial charge in [0.05, 0.1) is 6.61 Å². The largest absolute Gasteiger partial charge is 0.399 e. The Morgan fingerprint density at radius 1 is 1.53 bits per heavy atom. The first-order valence-electron chi connectivity index (χ1n) is 5.91. The van der Waals surface area contributed by atoms with Gasteiger partial charge in [-0.15, -0.1) is 0 Å². The number of carbonyl (C=O) groups excluding carboxylic acids is 1. The standard InChI is InChI=1S/C13H18N2O2/c1-9-8-10(2-5-12(9)14)13(17)15(6-7-16)11-3-4-11/h2,5,8,11,16H,3-4,6-7,14H2,1H3. The van der Waals surface area contributed by atoms with E-state index >= 15 is 0 Å². The molecule has 3 N–H and O–H groups in total. The number of hydrogen-bond acceptors (Lipinski definition) is 3. The molecule has 0 unspecified atom stereocenters. The van der Waals surface area contributed by atoms with Crippen molar-refractivity contribution in [2.45, 2.75) is 25.8 Å². The van der Waals surface area contributed by atoms with Crippen LogP contribution in [0.4, 0.5) is 5.69 Å². The maximum absolute atomic E-state index is 12.3. The molecular weight excluding hydrogens is 216 g/mol. The zero-order valence-electron chi connectivity index (χ0n) is 10.0. The number of nitrogens with two attached hydrogens (primary N) is 1. The predicted octanol–water partition coefficient (Wildman–Crippen LogP) is 1.17. The van der Waals surface area contributed by atoms with E-state index in [4.69, 9.17) is 10.8 Å². The molecular formula is C13H18N2O2. The van der Waals surface area contributed by atoms with Crippen LogP contribution in [0.25, 0.3) is 0 Å². The molecule has 0 saturated heterocycles. The van der Waals surface area contributed by atoms with Gasteiger partial charge in [-0.05, 0) is 43.5 Å². The van der Waals surface area contributed by atoms with Gasteiger partial charge in [-0.25, -0.2) is 0 Å². The van der Waals surface area contributed by atoms with E-state index in [1.165, 1.54) is 0 Å². The Morgan fingerprint density at radius 3 is 2.76 bits per heavy atom. The lowest BCUT2D eigenvalue weighted by Crippen LogP contribution is -2.35. The second kappa shape index (κ2) is 4.75. The highest BCUT2D eigenvalue weighted by atomic mass is 16.3. The minimum absolute atomic E-state index is 0.00958. The van der Waals surface area contributed by atoms with Gasteiger partial charge < -0.3 is 15.7 Å². The molecule has 2 rings (SSSR count). The maximum Gasteiger partial charge on any atom is 0.254 e. The zero-order chi connectivity index (χ0) is 12.4. The molecule has 1 aromatic carbocycles. The Hall–Kier alpha value is -1.55. The van der Waals surface area contributed by atoms with Crippen LogP contribution in [0.3, 0.4) is 0 Å². The normalized spacial score (nSPS) is 14.7. The SMILES string of the molecule is Cc1cc(C(=O)N(CCO)C2CC2)ccc1N. The fourth-order valence-electron chi connectivity index (χ4n) is 1.92. The van der Waals surface area contributed by atoms with Crippen molar-refractivity contribution >= 4 is 11.6 Å². The predicted molar refractivity (Wildman–Crippen MR) is 66.7 cm³/mol. The Labute approximate surface area is 101 Å². The molecule has 17 heavy (non-hydrogen) atoms. The molecule has 1 aromatic rings. The van der Waals surface area contributed by atoms with Crippen molar-refractivity contribution in [1.82, 2.24) is 4.90 Å². The van der Waals surface area contributed by atoms with Crippen molar-refractivity contribution in [3.8, 4) is 0 Å². The van der Waals surface area contributed by atoms with Crippen molar-refractivity contribution in [1.29, 1.82) is 0 Å². The number of aliphatic hydroxyl groups is 1. The molecule has 1 aliphatic carbocycles. The van der Waals surface area contributed by atoms with Crippen molar-refractivity contribution in [2.75, 3.05) is 18.9 Å². The smallest absolute Gasteiger partial charge is 0.254 e. The molecule has 1 saturated carbocycles. The number of rotatable bonds is 4. The summed E-state index contributed by atoms with van der Waals surface area (Å²) in [4.78, 5) is 14.0. The third kappa shape index (κ3) is 2.58. The van der Waals surface area contributed by atoms with Crippen LogP contribution in [0.15, 0.2) is 18.2 Å². The van der Waals surface area contributed by atoms with Gasteiger partial charge >= 0.3 is 0 Å². The molecule has 0 atom stereocenters. The van der Waals surface area contributed by atoms with E-state index in [0.29, 0.717) is 23.8 Å². The van der Waals surface area contributed by atoms with E-state index in [9.17, 15) is 4.79 Å². The maximum atomic E-state index is 12.3. The molecule has 4 nitrogen and oxygen atoms in total. The van der Waals surface area contributed by atoms with Gasteiger partial charge in [-0.1, -0.05) is 0 Å². The summed E-state index contributed by atoms with van der Waals surface area (Å²) in [5.74, 6) is -0.00958. The average molecular weight is 234 g/mol. The first-order chi connectivity index (χ1) is 8.13. The number of aryl methyl sites for hydroxylation is 1. The number of amides is 1. The van der Waals surface area contributed by atoms with Crippen LogP contribution in [-0.2, 0) is 0 Å². The lowest BCUT2D eigenvalue weighted by atomic mass is 10.1. The van der Waals surface area contributed by atoms with Crippen molar-refractivity contribution in [2.24, 2.45) is 0 Å². The second-order valence-corrected chi connectivity index (χ2v) is 4.52. The zero-order valence-corrected chi connectivity index (χ0v) is 10.0. The lowest BCUT2D eigenvalue weighted by Gasteiger charge is -2.21. The quantitative estimate of drug-likeness (QED) is 0.769. The van der Waals surface area contributed by atoms with Crippen LogP contribution < -0.4 is 5.73 Å². The molecule has 4 heteroatoms. The Morgan fingerprint density at radius 2 is 2.24 bits per heavy atom. The Bertz CT molecular complexity index is 427. The Kier molecular flexibility index (Phi) is 3.33. The molecule has 92 valence electrons. The number of aliphatic hydroxyl groups excluding tert-OH is 1. The van der Waals surface area contributed by atoms with E-state index in [1.54, 1.807) is 17.0 Å². The van der Waals surface area contributed by atoms with Crippen LogP contribution in [-0.4, -0.2) is 35.1 Å². The van der Waals surface area contributed by atoms with Crippen LogP contribution in [0.1, 0.15) is 28.8 Å². The van der Waals surface area contributed by atoms with Crippen LogP contribution in [0, 0.1) is 6.92 Å². The van der Waals surface area contributed by atoms with E-state index in [0.717, 1.165) is 18.4 Å². The van der Waals surface area contributed by atoms with Gasteiger partial charge in [0.1, 0.15) is 0 Å². The summed E-state index contributed by atoms with van der Waals surface area (Å²) in [7, 11) is 0. The first kappa shape index (κ1) is 11.9. The fourth-order valence-corrected chi connectivity index (χ4v) is 1.92. The summed E-state index contributed by atoms with van der Waals surface area (Å²) >= 11 is 0.